The topological polar surface area (TPSA) is 0 Å². The van der Waals surface area contributed by atoms with Crippen molar-refractivity contribution in [2.75, 3.05) is 0 Å². The van der Waals surface area contributed by atoms with E-state index in [0.717, 1.165) is 0 Å². The van der Waals surface area contributed by atoms with E-state index in [0.29, 0.717) is 0 Å². The predicted molar refractivity (Wildman–Crippen MR) is 29.0 cm³/mol. The summed E-state index contributed by atoms with van der Waals surface area (Å²) < 4.78 is 0. The van der Waals surface area contributed by atoms with Gasteiger partial charge >= 0.3 is 0 Å². The molecule has 0 radical (unpaired) electrons. The van der Waals surface area contributed by atoms with Crippen molar-refractivity contribution in [2.45, 2.75) is 0 Å². The summed E-state index contributed by atoms with van der Waals surface area (Å²) in [7, 11) is 0. The van der Waals surface area contributed by atoms with Gasteiger partial charge in [-0.1, -0.05) is 0 Å². The summed E-state index contributed by atoms with van der Waals surface area (Å²) in [5, 5.41) is 0. The fourth-order valence-electron chi connectivity index (χ4n) is 0. The van der Waals surface area contributed by atoms with Gasteiger partial charge in [0.1, 0.15) is 0 Å². The molecular formula is H4Cl4Os. The van der Waals surface area contributed by atoms with E-state index in [2.05, 4.69) is 0 Å². The fourth-order valence-corrected chi connectivity index (χ4v) is 0. The van der Waals surface area contributed by atoms with Gasteiger partial charge in [0, 0.05) is 19.8 Å². The molecule has 0 aromatic rings. The van der Waals surface area contributed by atoms with Crippen molar-refractivity contribution >= 4 is 49.6 Å². The van der Waals surface area contributed by atoms with Crippen LogP contribution in [0.4, 0.5) is 0 Å². The molecule has 5 heteroatoms. The Morgan fingerprint density at radius 3 is 0.400 bits per heavy atom. The smallest absolute Gasteiger partial charge is 0 e. The zero-order valence-corrected chi connectivity index (χ0v) is 7.79. The van der Waals surface area contributed by atoms with Crippen LogP contribution in [0.15, 0.2) is 0 Å². The van der Waals surface area contributed by atoms with E-state index in [9.17, 15) is 0 Å². The number of halogens is 4. The van der Waals surface area contributed by atoms with Gasteiger partial charge in [0.05, 0.1) is 0 Å². The molecule has 0 aliphatic heterocycles. The van der Waals surface area contributed by atoms with Crippen LogP contribution in [0, 0.1) is 0 Å². The van der Waals surface area contributed by atoms with Crippen LogP contribution in [-0.2, 0) is 19.8 Å². The summed E-state index contributed by atoms with van der Waals surface area (Å²) in [6.07, 6.45) is 0. The molecule has 0 saturated heterocycles. The minimum Gasteiger partial charge on any atom is -0.147 e. The molecule has 0 saturated carbocycles. The molecule has 0 heterocycles. The van der Waals surface area contributed by atoms with Gasteiger partial charge in [0.2, 0.25) is 0 Å². The zero-order chi connectivity index (χ0) is 0. The van der Waals surface area contributed by atoms with Gasteiger partial charge < -0.3 is 0 Å². The van der Waals surface area contributed by atoms with E-state index < -0.39 is 0 Å². The monoisotopic (exact) mass is 336 g/mol. The Morgan fingerprint density at radius 1 is 0.400 bits per heavy atom. The quantitative estimate of drug-likeness (QED) is 0.632. The summed E-state index contributed by atoms with van der Waals surface area (Å²) in [6.45, 7) is 0. The first-order valence-electron chi connectivity index (χ1n) is 0. The van der Waals surface area contributed by atoms with Gasteiger partial charge in [-0.05, 0) is 0 Å². The van der Waals surface area contributed by atoms with Gasteiger partial charge in [0.15, 0.2) is 0 Å². The maximum Gasteiger partial charge on any atom is 0 e. The first-order chi connectivity index (χ1) is 0. The summed E-state index contributed by atoms with van der Waals surface area (Å²) in [6, 6.07) is 0. The average molecular weight is 336 g/mol. The third kappa shape index (κ3) is 25.9. The van der Waals surface area contributed by atoms with E-state index in [-0.39, 0.29) is 69.4 Å². The Morgan fingerprint density at radius 2 is 0.400 bits per heavy atom. The summed E-state index contributed by atoms with van der Waals surface area (Å²) in [4.78, 5) is 0. The van der Waals surface area contributed by atoms with Crippen molar-refractivity contribution in [1.82, 2.24) is 0 Å². The molecule has 0 bridgehead atoms. The average Bonchev–Trinajstić information content (AvgIpc) is 0. The molecule has 0 aliphatic carbocycles. The van der Waals surface area contributed by atoms with Gasteiger partial charge in [0.25, 0.3) is 0 Å². The van der Waals surface area contributed by atoms with Crippen LogP contribution in [-0.4, -0.2) is 0 Å². The largest absolute Gasteiger partial charge is 0.147 e. The number of rotatable bonds is 0. The van der Waals surface area contributed by atoms with Crippen molar-refractivity contribution in [3.63, 3.8) is 0 Å². The Kier molecular flexibility index (Phi) is 585. The second-order valence-electron chi connectivity index (χ2n) is 0. The van der Waals surface area contributed by atoms with Crippen molar-refractivity contribution in [3.8, 4) is 0 Å². The Bertz CT molecular complexity index is 3.61. The van der Waals surface area contributed by atoms with E-state index in [4.69, 9.17) is 0 Å². The minimum absolute atomic E-state index is 0. The van der Waals surface area contributed by atoms with Crippen molar-refractivity contribution < 1.29 is 19.8 Å². The van der Waals surface area contributed by atoms with Crippen molar-refractivity contribution in [2.24, 2.45) is 0 Å². The number of hydrogen-bond acceptors (Lipinski definition) is 0. The molecule has 0 aliphatic rings. The molecule has 0 amide bonds. The normalized spacial score (nSPS) is 0. The molecular weight excluding hydrogens is 332 g/mol. The maximum absolute atomic E-state index is 0. The third-order valence-corrected chi connectivity index (χ3v) is 0. The van der Waals surface area contributed by atoms with E-state index >= 15 is 0 Å². The minimum atomic E-state index is 0. The first-order valence-corrected chi connectivity index (χ1v) is 0. The van der Waals surface area contributed by atoms with Crippen LogP contribution >= 0.6 is 49.6 Å². The van der Waals surface area contributed by atoms with Gasteiger partial charge in [-0.3, -0.25) is 0 Å². The van der Waals surface area contributed by atoms with Crippen LogP contribution in [0.2, 0.25) is 0 Å². The molecule has 0 unspecified atom stereocenters. The molecule has 0 aromatic heterocycles. The van der Waals surface area contributed by atoms with Gasteiger partial charge in [-0.25, -0.2) is 0 Å². The fraction of sp³-hybridized carbons (Fsp3) is 0. The third-order valence-electron chi connectivity index (χ3n) is 0. The molecule has 0 fully saturated rings. The van der Waals surface area contributed by atoms with Gasteiger partial charge in [-0.2, -0.15) is 0 Å². The second-order valence-corrected chi connectivity index (χ2v) is 0. The Labute approximate surface area is 69.2 Å². The molecule has 40 valence electrons. The van der Waals surface area contributed by atoms with Crippen LogP contribution in [0.1, 0.15) is 0 Å². The molecule has 0 N–H and O–H groups in total. The van der Waals surface area contributed by atoms with Crippen LogP contribution in [0.25, 0.3) is 0 Å². The summed E-state index contributed by atoms with van der Waals surface area (Å²) in [5.41, 5.74) is 0. The predicted octanol–water partition coefficient (Wildman–Crippen LogP) is 1.68. The molecule has 0 rings (SSSR count). The summed E-state index contributed by atoms with van der Waals surface area (Å²) >= 11 is 0. The summed E-state index contributed by atoms with van der Waals surface area (Å²) in [5.74, 6) is 0. The van der Waals surface area contributed by atoms with Crippen molar-refractivity contribution in [1.29, 1.82) is 0 Å². The molecule has 5 heavy (non-hydrogen) atoms. The first kappa shape index (κ1) is 70.8. The Balaban J connectivity index is 0. The van der Waals surface area contributed by atoms with Crippen LogP contribution in [0.3, 0.4) is 0 Å². The van der Waals surface area contributed by atoms with Gasteiger partial charge in [-0.15, -0.1) is 49.6 Å². The van der Waals surface area contributed by atoms with Crippen LogP contribution in [0.5, 0.6) is 0 Å². The molecule has 0 aromatic carbocycles. The Hall–Kier alpha value is 1.80. The van der Waals surface area contributed by atoms with E-state index in [1.807, 2.05) is 0 Å². The van der Waals surface area contributed by atoms with Crippen LogP contribution < -0.4 is 0 Å². The molecule has 0 atom stereocenters. The molecule has 0 nitrogen and oxygen atoms in total. The standard InChI is InChI=1S/4ClH.Os/h4*1H;. The van der Waals surface area contributed by atoms with Crippen molar-refractivity contribution in [3.05, 3.63) is 0 Å². The number of hydrogen-bond donors (Lipinski definition) is 0. The van der Waals surface area contributed by atoms with E-state index in [1.54, 1.807) is 0 Å². The molecule has 0 spiro atoms. The zero-order valence-electron chi connectivity index (χ0n) is 1.99. The maximum atomic E-state index is 0. The van der Waals surface area contributed by atoms with E-state index in [1.165, 1.54) is 0 Å². The second kappa shape index (κ2) is 41.3. The SMILES string of the molecule is Cl.Cl.Cl.Cl.[Os].